The quantitative estimate of drug-likeness (QED) is 0.901. The van der Waals surface area contributed by atoms with Crippen LogP contribution in [0.3, 0.4) is 0 Å². The van der Waals surface area contributed by atoms with Crippen molar-refractivity contribution in [2.75, 3.05) is 4.72 Å². The van der Waals surface area contributed by atoms with Crippen molar-refractivity contribution in [3.8, 4) is 6.07 Å². The van der Waals surface area contributed by atoms with E-state index in [2.05, 4.69) is 20.7 Å². The van der Waals surface area contributed by atoms with Gasteiger partial charge in [-0.2, -0.15) is 5.26 Å². The van der Waals surface area contributed by atoms with Crippen LogP contribution in [0.25, 0.3) is 0 Å². The summed E-state index contributed by atoms with van der Waals surface area (Å²) in [5.41, 5.74) is 2.54. The molecule has 21 heavy (non-hydrogen) atoms. The zero-order chi connectivity index (χ0) is 15.6. The fourth-order valence-corrected chi connectivity index (χ4v) is 3.88. The highest BCUT2D eigenvalue weighted by molar-refractivity contribution is 9.10. The molecule has 2 aromatic rings. The monoisotopic (exact) mass is 364 g/mol. The van der Waals surface area contributed by atoms with E-state index in [1.165, 1.54) is 0 Å². The van der Waals surface area contributed by atoms with Gasteiger partial charge in [-0.05, 0) is 59.6 Å². The largest absolute Gasteiger partial charge is 0.278 e. The van der Waals surface area contributed by atoms with Gasteiger partial charge in [-0.1, -0.05) is 17.7 Å². The summed E-state index contributed by atoms with van der Waals surface area (Å²) in [5.74, 6) is 0. The molecule has 0 aliphatic heterocycles. The van der Waals surface area contributed by atoms with Crippen LogP contribution in [-0.2, 0) is 10.0 Å². The van der Waals surface area contributed by atoms with Crippen LogP contribution >= 0.6 is 15.9 Å². The SMILES string of the molecule is Cc1ccc(S(=O)(=O)Nc2ccc(C#N)cc2Br)c(C)c1. The van der Waals surface area contributed by atoms with Crippen LogP contribution in [-0.4, -0.2) is 8.42 Å². The Bertz CT molecular complexity index is 839. The van der Waals surface area contributed by atoms with Crippen LogP contribution in [0.4, 0.5) is 5.69 Å². The maximum absolute atomic E-state index is 12.4. The summed E-state index contributed by atoms with van der Waals surface area (Å²) in [5, 5.41) is 8.82. The summed E-state index contributed by atoms with van der Waals surface area (Å²) >= 11 is 3.27. The number of aryl methyl sites for hydroxylation is 2. The van der Waals surface area contributed by atoms with Gasteiger partial charge in [0, 0.05) is 4.47 Å². The summed E-state index contributed by atoms with van der Waals surface area (Å²) in [6.07, 6.45) is 0. The highest BCUT2D eigenvalue weighted by Gasteiger charge is 2.18. The molecule has 0 heterocycles. The minimum Gasteiger partial charge on any atom is -0.278 e. The number of sulfonamides is 1. The van der Waals surface area contributed by atoms with Gasteiger partial charge in [0.15, 0.2) is 0 Å². The summed E-state index contributed by atoms with van der Waals surface area (Å²) < 4.78 is 27.9. The highest BCUT2D eigenvalue weighted by atomic mass is 79.9. The van der Waals surface area contributed by atoms with Crippen LogP contribution in [0.1, 0.15) is 16.7 Å². The van der Waals surface area contributed by atoms with E-state index in [4.69, 9.17) is 5.26 Å². The van der Waals surface area contributed by atoms with Crippen molar-refractivity contribution >= 4 is 31.6 Å². The second-order valence-electron chi connectivity index (χ2n) is 4.68. The minimum atomic E-state index is -3.67. The topological polar surface area (TPSA) is 70.0 Å². The third-order valence-corrected chi connectivity index (χ3v) is 5.14. The molecule has 0 aliphatic rings. The minimum absolute atomic E-state index is 0.240. The summed E-state index contributed by atoms with van der Waals surface area (Å²) in [7, 11) is -3.67. The fraction of sp³-hybridized carbons (Fsp3) is 0.133. The van der Waals surface area contributed by atoms with Gasteiger partial charge in [0.05, 0.1) is 22.2 Å². The normalized spacial score (nSPS) is 11.0. The molecule has 0 aromatic heterocycles. The Morgan fingerprint density at radius 3 is 2.43 bits per heavy atom. The standard InChI is InChI=1S/C15H13BrN2O2S/c1-10-3-6-15(11(2)7-10)21(19,20)18-14-5-4-12(9-17)8-13(14)16/h3-8,18H,1-2H3. The zero-order valence-electron chi connectivity index (χ0n) is 11.5. The molecule has 0 spiro atoms. The second-order valence-corrected chi connectivity index (χ2v) is 7.19. The second kappa shape index (κ2) is 5.88. The number of nitrogens with one attached hydrogen (secondary N) is 1. The maximum Gasteiger partial charge on any atom is 0.262 e. The average molecular weight is 365 g/mol. The number of nitrogens with zero attached hydrogens (tertiary/aromatic N) is 1. The molecule has 2 rings (SSSR count). The Labute approximate surface area is 132 Å². The summed E-state index contributed by atoms with van der Waals surface area (Å²) in [4.78, 5) is 0.240. The average Bonchev–Trinajstić information content (AvgIpc) is 2.40. The first-order valence-corrected chi connectivity index (χ1v) is 8.41. The predicted molar refractivity (Wildman–Crippen MR) is 85.6 cm³/mol. The van der Waals surface area contributed by atoms with Crippen molar-refractivity contribution < 1.29 is 8.42 Å². The predicted octanol–water partition coefficient (Wildman–Crippen LogP) is 3.74. The molecule has 0 atom stereocenters. The molecule has 6 heteroatoms. The molecule has 0 bridgehead atoms. The zero-order valence-corrected chi connectivity index (χ0v) is 13.9. The lowest BCUT2D eigenvalue weighted by atomic mass is 10.2. The van der Waals surface area contributed by atoms with Gasteiger partial charge in [0.2, 0.25) is 0 Å². The smallest absolute Gasteiger partial charge is 0.262 e. The molecule has 2 aromatic carbocycles. The van der Waals surface area contributed by atoms with E-state index < -0.39 is 10.0 Å². The third kappa shape index (κ3) is 3.43. The van der Waals surface area contributed by atoms with Crippen LogP contribution in [0.2, 0.25) is 0 Å². The molecule has 4 nitrogen and oxygen atoms in total. The number of benzene rings is 2. The van der Waals surface area contributed by atoms with E-state index >= 15 is 0 Å². The van der Waals surface area contributed by atoms with Crippen molar-refractivity contribution in [1.82, 2.24) is 0 Å². The van der Waals surface area contributed by atoms with Gasteiger partial charge < -0.3 is 0 Å². The number of hydrogen-bond donors (Lipinski definition) is 1. The number of hydrogen-bond acceptors (Lipinski definition) is 3. The Morgan fingerprint density at radius 1 is 1.14 bits per heavy atom. The number of rotatable bonds is 3. The van der Waals surface area contributed by atoms with Crippen LogP contribution in [0.15, 0.2) is 45.8 Å². The number of halogens is 1. The molecule has 0 saturated carbocycles. The lowest BCUT2D eigenvalue weighted by Crippen LogP contribution is -2.14. The molecule has 0 fully saturated rings. The molecule has 0 unspecified atom stereocenters. The van der Waals surface area contributed by atoms with E-state index in [0.29, 0.717) is 21.3 Å². The Kier molecular flexibility index (Phi) is 4.35. The van der Waals surface area contributed by atoms with Gasteiger partial charge in [-0.25, -0.2) is 8.42 Å². The summed E-state index contributed by atoms with van der Waals surface area (Å²) in [6, 6.07) is 11.9. The molecule has 0 aliphatic carbocycles. The molecule has 0 amide bonds. The summed E-state index contributed by atoms with van der Waals surface area (Å²) in [6.45, 7) is 3.67. The van der Waals surface area contributed by atoms with E-state index in [9.17, 15) is 8.42 Å². The first kappa shape index (κ1) is 15.5. The molecule has 108 valence electrons. The van der Waals surface area contributed by atoms with Gasteiger partial charge in [0.25, 0.3) is 10.0 Å². The first-order valence-electron chi connectivity index (χ1n) is 6.13. The Hall–Kier alpha value is -1.84. The lowest BCUT2D eigenvalue weighted by molar-refractivity contribution is 0.600. The molecular weight excluding hydrogens is 352 g/mol. The van der Waals surface area contributed by atoms with Gasteiger partial charge in [0.1, 0.15) is 0 Å². The van der Waals surface area contributed by atoms with Gasteiger partial charge in [-0.15, -0.1) is 0 Å². The van der Waals surface area contributed by atoms with Gasteiger partial charge in [-0.3, -0.25) is 4.72 Å². The lowest BCUT2D eigenvalue weighted by Gasteiger charge is -2.12. The molecular formula is C15H13BrN2O2S. The first-order chi connectivity index (χ1) is 9.83. The molecule has 0 radical (unpaired) electrons. The third-order valence-electron chi connectivity index (χ3n) is 2.96. The van der Waals surface area contributed by atoms with E-state index in [1.807, 2.05) is 19.1 Å². The van der Waals surface area contributed by atoms with Crippen molar-refractivity contribution in [3.63, 3.8) is 0 Å². The van der Waals surface area contributed by atoms with Crippen LogP contribution in [0, 0.1) is 25.2 Å². The Balaban J connectivity index is 2.40. The highest BCUT2D eigenvalue weighted by Crippen LogP contribution is 2.27. The fourth-order valence-electron chi connectivity index (χ4n) is 1.97. The van der Waals surface area contributed by atoms with E-state index in [0.717, 1.165) is 5.56 Å². The maximum atomic E-state index is 12.4. The number of nitriles is 1. The van der Waals surface area contributed by atoms with Crippen molar-refractivity contribution in [3.05, 3.63) is 57.6 Å². The molecule has 1 N–H and O–H groups in total. The van der Waals surface area contributed by atoms with Crippen molar-refractivity contribution in [2.45, 2.75) is 18.7 Å². The van der Waals surface area contributed by atoms with Crippen molar-refractivity contribution in [1.29, 1.82) is 5.26 Å². The van der Waals surface area contributed by atoms with Crippen LogP contribution < -0.4 is 4.72 Å². The van der Waals surface area contributed by atoms with E-state index in [-0.39, 0.29) is 4.90 Å². The molecule has 0 saturated heterocycles. The van der Waals surface area contributed by atoms with Crippen molar-refractivity contribution in [2.24, 2.45) is 0 Å². The van der Waals surface area contributed by atoms with Gasteiger partial charge >= 0.3 is 0 Å². The Morgan fingerprint density at radius 2 is 1.86 bits per heavy atom. The van der Waals surface area contributed by atoms with Crippen LogP contribution in [0.5, 0.6) is 0 Å². The van der Waals surface area contributed by atoms with E-state index in [1.54, 1.807) is 37.3 Å². The number of anilines is 1.